The van der Waals surface area contributed by atoms with Crippen molar-refractivity contribution in [1.29, 1.82) is 0 Å². The van der Waals surface area contributed by atoms with E-state index in [4.69, 9.17) is 9.15 Å². The molecule has 1 atom stereocenters. The van der Waals surface area contributed by atoms with Crippen molar-refractivity contribution < 1.29 is 9.15 Å². The molecule has 0 fully saturated rings. The largest absolute Gasteiger partial charge is 0.467 e. The summed E-state index contributed by atoms with van der Waals surface area (Å²) in [6, 6.07) is 3.72. The first-order valence-corrected chi connectivity index (χ1v) is 6.22. The maximum Gasteiger partial charge on any atom is 0.163 e. The van der Waals surface area contributed by atoms with Crippen molar-refractivity contribution in [3.05, 3.63) is 36.7 Å². The summed E-state index contributed by atoms with van der Waals surface area (Å²) >= 11 is 0. The van der Waals surface area contributed by atoms with Crippen molar-refractivity contribution in [1.82, 2.24) is 19.7 Å². The molecule has 0 amide bonds. The zero-order chi connectivity index (χ0) is 13.9. The Kier molecular flexibility index (Phi) is 3.34. The molecule has 0 saturated carbocycles. The smallest absolute Gasteiger partial charge is 0.163 e. The van der Waals surface area contributed by atoms with E-state index in [9.17, 15) is 0 Å². The normalized spacial score (nSPS) is 12.7. The minimum absolute atomic E-state index is 0.174. The zero-order valence-corrected chi connectivity index (χ0v) is 11.3. The Hall–Kier alpha value is -2.41. The number of nitrogens with zero attached hydrogens (tertiary/aromatic N) is 4. The quantitative estimate of drug-likeness (QED) is 0.763. The number of hydrogen-bond acceptors (Lipinski definition) is 6. The number of nitrogens with one attached hydrogen (secondary N) is 1. The summed E-state index contributed by atoms with van der Waals surface area (Å²) in [4.78, 5) is 8.44. The molecule has 0 aliphatic rings. The number of aromatic nitrogens is 4. The van der Waals surface area contributed by atoms with Gasteiger partial charge >= 0.3 is 0 Å². The van der Waals surface area contributed by atoms with E-state index in [-0.39, 0.29) is 6.10 Å². The molecule has 7 heteroatoms. The first-order valence-electron chi connectivity index (χ1n) is 6.22. The van der Waals surface area contributed by atoms with Crippen LogP contribution < -0.4 is 5.32 Å². The van der Waals surface area contributed by atoms with Crippen LogP contribution in [0.4, 0.5) is 5.82 Å². The van der Waals surface area contributed by atoms with Gasteiger partial charge in [-0.1, -0.05) is 0 Å². The van der Waals surface area contributed by atoms with Crippen LogP contribution in [0.3, 0.4) is 0 Å². The molecule has 1 N–H and O–H groups in total. The summed E-state index contributed by atoms with van der Waals surface area (Å²) in [7, 11) is 3.49. The zero-order valence-electron chi connectivity index (χ0n) is 11.3. The van der Waals surface area contributed by atoms with Crippen LogP contribution in [-0.2, 0) is 11.8 Å². The molecule has 7 nitrogen and oxygen atoms in total. The summed E-state index contributed by atoms with van der Waals surface area (Å²) < 4.78 is 12.5. The number of furan rings is 1. The molecule has 104 valence electrons. The van der Waals surface area contributed by atoms with Crippen LogP contribution in [-0.4, -0.2) is 33.4 Å². The molecular formula is C13H15N5O2. The first-order chi connectivity index (χ1) is 9.79. The fourth-order valence-corrected chi connectivity index (χ4v) is 2.07. The van der Waals surface area contributed by atoms with Crippen molar-refractivity contribution in [3.63, 3.8) is 0 Å². The summed E-state index contributed by atoms with van der Waals surface area (Å²) in [5.41, 5.74) is 0.787. The van der Waals surface area contributed by atoms with Crippen molar-refractivity contribution in [2.24, 2.45) is 7.05 Å². The maximum atomic E-state index is 5.41. The van der Waals surface area contributed by atoms with Gasteiger partial charge in [0.1, 0.15) is 24.0 Å². The van der Waals surface area contributed by atoms with Gasteiger partial charge in [-0.3, -0.25) is 4.68 Å². The van der Waals surface area contributed by atoms with Crippen LogP contribution in [0.15, 0.2) is 35.3 Å². The van der Waals surface area contributed by atoms with Crippen molar-refractivity contribution in [3.8, 4) is 0 Å². The second-order valence-electron chi connectivity index (χ2n) is 4.35. The Labute approximate surface area is 115 Å². The third-order valence-electron chi connectivity index (χ3n) is 3.13. The highest BCUT2D eigenvalue weighted by Crippen LogP contribution is 2.21. The molecule has 0 aliphatic heterocycles. The summed E-state index contributed by atoms with van der Waals surface area (Å²) in [6.07, 6.45) is 4.71. The third kappa shape index (κ3) is 2.23. The van der Waals surface area contributed by atoms with Gasteiger partial charge in [0.15, 0.2) is 5.65 Å². The highest BCUT2D eigenvalue weighted by molar-refractivity contribution is 5.85. The molecule has 3 aromatic rings. The van der Waals surface area contributed by atoms with Crippen molar-refractivity contribution in [2.75, 3.05) is 19.0 Å². The lowest BCUT2D eigenvalue weighted by Crippen LogP contribution is -2.14. The van der Waals surface area contributed by atoms with Gasteiger partial charge in [-0.15, -0.1) is 0 Å². The van der Waals surface area contributed by atoms with Crippen LogP contribution in [0.5, 0.6) is 0 Å². The molecule has 0 aliphatic carbocycles. The monoisotopic (exact) mass is 273 g/mol. The Balaban J connectivity index is 1.80. The molecule has 3 heterocycles. The van der Waals surface area contributed by atoms with Gasteiger partial charge in [0.2, 0.25) is 0 Å². The molecule has 0 radical (unpaired) electrons. The van der Waals surface area contributed by atoms with Crippen LogP contribution in [0.2, 0.25) is 0 Å². The van der Waals surface area contributed by atoms with Gasteiger partial charge in [-0.05, 0) is 12.1 Å². The van der Waals surface area contributed by atoms with Gasteiger partial charge in [-0.25, -0.2) is 9.97 Å². The van der Waals surface area contributed by atoms with Crippen LogP contribution in [0, 0.1) is 0 Å². The predicted molar refractivity (Wildman–Crippen MR) is 73.3 cm³/mol. The molecule has 0 spiro atoms. The summed E-state index contributed by atoms with van der Waals surface area (Å²) in [6.45, 7) is 0.547. The van der Waals surface area contributed by atoms with Crippen LogP contribution in [0.25, 0.3) is 11.0 Å². The summed E-state index contributed by atoms with van der Waals surface area (Å²) in [5.74, 6) is 1.51. The maximum absolute atomic E-state index is 5.41. The lowest BCUT2D eigenvalue weighted by atomic mass is 10.2. The van der Waals surface area contributed by atoms with Crippen LogP contribution >= 0.6 is 0 Å². The van der Waals surface area contributed by atoms with Gasteiger partial charge in [0, 0.05) is 20.7 Å². The highest BCUT2D eigenvalue weighted by atomic mass is 16.5. The Bertz CT molecular complexity index is 692. The fraction of sp³-hybridized carbons (Fsp3) is 0.308. The molecule has 0 aromatic carbocycles. The van der Waals surface area contributed by atoms with Gasteiger partial charge in [0.25, 0.3) is 0 Å². The molecule has 1 unspecified atom stereocenters. The molecular weight excluding hydrogens is 258 g/mol. The lowest BCUT2D eigenvalue weighted by molar-refractivity contribution is 0.0943. The molecule has 0 bridgehead atoms. The second-order valence-corrected chi connectivity index (χ2v) is 4.35. The van der Waals surface area contributed by atoms with Gasteiger partial charge in [0.05, 0.1) is 17.8 Å². The number of fused-ring (bicyclic) bond motifs is 1. The van der Waals surface area contributed by atoms with E-state index in [1.807, 2.05) is 19.2 Å². The lowest BCUT2D eigenvalue weighted by Gasteiger charge is -2.14. The predicted octanol–water partition coefficient (Wildman–Crippen LogP) is 1.76. The average molecular weight is 273 g/mol. The molecule has 3 aromatic heterocycles. The van der Waals surface area contributed by atoms with E-state index < -0.39 is 0 Å². The van der Waals surface area contributed by atoms with Gasteiger partial charge < -0.3 is 14.5 Å². The number of aryl methyl sites for hydroxylation is 1. The number of hydrogen-bond donors (Lipinski definition) is 1. The number of ether oxygens (including phenoxy) is 1. The topological polar surface area (TPSA) is 78.0 Å². The minimum atomic E-state index is -0.174. The van der Waals surface area contributed by atoms with Crippen molar-refractivity contribution >= 4 is 16.9 Å². The number of anilines is 1. The van der Waals surface area contributed by atoms with E-state index in [1.165, 1.54) is 6.33 Å². The summed E-state index contributed by atoms with van der Waals surface area (Å²) in [5, 5.41) is 8.31. The van der Waals surface area contributed by atoms with E-state index >= 15 is 0 Å². The molecule has 20 heavy (non-hydrogen) atoms. The third-order valence-corrected chi connectivity index (χ3v) is 3.13. The van der Waals surface area contributed by atoms with Gasteiger partial charge in [-0.2, -0.15) is 5.10 Å². The number of rotatable bonds is 5. The Morgan fingerprint density at radius 2 is 2.35 bits per heavy atom. The highest BCUT2D eigenvalue weighted by Gasteiger charge is 2.15. The van der Waals surface area contributed by atoms with Crippen LogP contribution in [0.1, 0.15) is 11.9 Å². The standard InChI is InChI=1S/C13H15N5O2/c1-18-13-9(6-17-18)12(15-8-16-13)14-7-11(19-2)10-4-3-5-20-10/h3-6,8,11H,7H2,1-2H3,(H,14,15,16). The van der Waals surface area contributed by atoms with E-state index in [0.717, 1.165) is 22.6 Å². The second kappa shape index (κ2) is 5.30. The van der Waals surface area contributed by atoms with E-state index in [2.05, 4.69) is 20.4 Å². The van der Waals surface area contributed by atoms with Crippen molar-refractivity contribution in [2.45, 2.75) is 6.10 Å². The van der Waals surface area contributed by atoms with E-state index in [0.29, 0.717) is 6.54 Å². The first kappa shape index (κ1) is 12.6. The SMILES string of the molecule is COC(CNc1ncnc2c1cnn2C)c1ccco1. The Morgan fingerprint density at radius 1 is 1.45 bits per heavy atom. The van der Waals surface area contributed by atoms with E-state index in [1.54, 1.807) is 24.3 Å². The average Bonchev–Trinajstić information content (AvgIpc) is 3.11. The minimum Gasteiger partial charge on any atom is -0.467 e. The fourth-order valence-electron chi connectivity index (χ4n) is 2.07. The molecule has 3 rings (SSSR count). The number of methoxy groups -OCH3 is 1. The Morgan fingerprint density at radius 3 is 3.10 bits per heavy atom. The molecule has 0 saturated heterocycles.